The maximum atomic E-state index is 14.6. The van der Waals surface area contributed by atoms with Crippen molar-refractivity contribution < 1.29 is 18.8 Å². The Morgan fingerprint density at radius 2 is 1.70 bits per heavy atom. The molecule has 1 aromatic rings. The van der Waals surface area contributed by atoms with Crippen LogP contribution in [0.15, 0.2) is 18.2 Å². The van der Waals surface area contributed by atoms with Crippen LogP contribution in [-0.4, -0.2) is 41.8 Å². The van der Waals surface area contributed by atoms with E-state index in [1.807, 2.05) is 4.90 Å². The number of likely N-dealkylation sites (tertiary alicyclic amines) is 1. The average Bonchev–Trinajstić information content (AvgIpc) is 3.42. The first-order valence-corrected chi connectivity index (χ1v) is 11.2. The number of carbonyl (C=O) groups excluding carboxylic acids is 3. The molecule has 2 saturated carbocycles. The van der Waals surface area contributed by atoms with Gasteiger partial charge in [-0.2, -0.15) is 0 Å². The van der Waals surface area contributed by atoms with Crippen LogP contribution in [0.2, 0.25) is 0 Å². The first kappa shape index (κ1) is 19.5. The van der Waals surface area contributed by atoms with Gasteiger partial charge in [-0.15, -0.1) is 0 Å². The molecule has 2 bridgehead atoms. The number of hydrogen-bond donors (Lipinski definition) is 1. The lowest BCUT2D eigenvalue weighted by Gasteiger charge is -2.29. The molecule has 0 aromatic heterocycles. The number of piperidine rings is 1. The zero-order chi connectivity index (χ0) is 21.0. The van der Waals surface area contributed by atoms with Crippen LogP contribution < -0.4 is 10.2 Å². The third-order valence-electron chi connectivity index (χ3n) is 7.64. The number of nitrogens with zero attached hydrogens (tertiary/aromatic N) is 2. The second kappa shape index (κ2) is 7.36. The van der Waals surface area contributed by atoms with Crippen LogP contribution in [0.3, 0.4) is 0 Å². The van der Waals surface area contributed by atoms with Gasteiger partial charge in [-0.05, 0) is 75.5 Å². The normalized spacial score (nSPS) is 31.3. The van der Waals surface area contributed by atoms with Gasteiger partial charge in [0.25, 0.3) is 0 Å². The Morgan fingerprint density at radius 1 is 1.07 bits per heavy atom. The van der Waals surface area contributed by atoms with E-state index >= 15 is 0 Å². The summed E-state index contributed by atoms with van der Waals surface area (Å²) in [4.78, 5) is 41.8. The highest BCUT2D eigenvalue weighted by Crippen LogP contribution is 2.56. The van der Waals surface area contributed by atoms with Gasteiger partial charge in [0.2, 0.25) is 17.7 Å². The lowest BCUT2D eigenvalue weighted by molar-refractivity contribution is -0.146. The van der Waals surface area contributed by atoms with Crippen molar-refractivity contribution >= 4 is 29.1 Å². The minimum absolute atomic E-state index is 0.202. The Hall–Kier alpha value is -2.44. The van der Waals surface area contributed by atoms with Crippen molar-refractivity contribution in [1.29, 1.82) is 0 Å². The Morgan fingerprint density at radius 3 is 2.30 bits per heavy atom. The fourth-order valence-corrected chi connectivity index (χ4v) is 6.15. The van der Waals surface area contributed by atoms with Crippen LogP contribution in [0.1, 0.15) is 45.4 Å². The fourth-order valence-electron chi connectivity index (χ4n) is 6.15. The Balaban J connectivity index is 1.28. The minimum atomic E-state index is -0.903. The fraction of sp³-hybridized carbons (Fsp3) is 0.609. The van der Waals surface area contributed by atoms with E-state index in [4.69, 9.17) is 0 Å². The van der Waals surface area contributed by atoms with E-state index in [-0.39, 0.29) is 41.3 Å². The van der Waals surface area contributed by atoms with Crippen molar-refractivity contribution in [2.45, 2.75) is 51.5 Å². The summed E-state index contributed by atoms with van der Waals surface area (Å²) in [5, 5.41) is 2.69. The van der Waals surface area contributed by atoms with Crippen molar-refractivity contribution in [3.8, 4) is 0 Å². The van der Waals surface area contributed by atoms with Crippen LogP contribution >= 0.6 is 0 Å². The molecule has 1 N–H and O–H groups in total. The summed E-state index contributed by atoms with van der Waals surface area (Å²) in [7, 11) is 0. The van der Waals surface area contributed by atoms with Crippen molar-refractivity contribution in [3.63, 3.8) is 0 Å². The Bertz CT molecular complexity index is 870. The number of halogens is 1. The van der Waals surface area contributed by atoms with Gasteiger partial charge in [-0.25, -0.2) is 4.39 Å². The monoisotopic (exact) mass is 413 g/mol. The van der Waals surface area contributed by atoms with Gasteiger partial charge in [-0.1, -0.05) is 0 Å². The molecule has 2 saturated heterocycles. The highest BCUT2D eigenvalue weighted by Gasteiger charge is 2.62. The van der Waals surface area contributed by atoms with Gasteiger partial charge in [0.15, 0.2) is 0 Å². The van der Waals surface area contributed by atoms with E-state index in [9.17, 15) is 18.8 Å². The predicted octanol–water partition coefficient (Wildman–Crippen LogP) is 3.17. The standard InChI is InChI=1S/C23H28FN3O3/c1-13(27-22(29)19-14-5-6-15(11-14)20(19)23(27)30)21(28)25-16-7-8-18(17(24)12-16)26-9-3-2-4-10-26/h7-8,12-15,19-20H,2-6,9-11H2,1H3,(H,25,28)/t13-,14+,15+,19-,20+/m1/s1. The van der Waals surface area contributed by atoms with Crippen LogP contribution in [0.5, 0.6) is 0 Å². The smallest absolute Gasteiger partial charge is 0.247 e. The Labute approximate surface area is 175 Å². The molecular weight excluding hydrogens is 385 g/mol. The van der Waals surface area contributed by atoms with Crippen molar-refractivity contribution in [2.75, 3.05) is 23.3 Å². The van der Waals surface area contributed by atoms with Crippen LogP contribution in [-0.2, 0) is 14.4 Å². The molecule has 6 nitrogen and oxygen atoms in total. The van der Waals surface area contributed by atoms with Crippen molar-refractivity contribution in [1.82, 2.24) is 4.90 Å². The van der Waals surface area contributed by atoms with Crippen LogP contribution in [0.4, 0.5) is 15.8 Å². The maximum absolute atomic E-state index is 14.6. The van der Waals surface area contributed by atoms with Crippen LogP contribution in [0.25, 0.3) is 0 Å². The van der Waals surface area contributed by atoms with E-state index < -0.39 is 11.9 Å². The molecule has 7 heteroatoms. The SMILES string of the molecule is C[C@H](C(=O)Nc1ccc(N2CCCCC2)c(F)c1)N1C(=O)[C@@H]2[C@H]3CC[C@@H](C3)[C@@H]2C1=O. The number of rotatable bonds is 4. The number of benzene rings is 1. The topological polar surface area (TPSA) is 69.7 Å². The van der Waals surface area contributed by atoms with E-state index in [1.54, 1.807) is 19.1 Å². The molecule has 4 fully saturated rings. The van der Waals surface area contributed by atoms with Gasteiger partial charge in [0.1, 0.15) is 11.9 Å². The number of carbonyl (C=O) groups is 3. The average molecular weight is 413 g/mol. The molecule has 0 spiro atoms. The van der Waals surface area contributed by atoms with Crippen molar-refractivity contribution in [2.24, 2.45) is 23.7 Å². The molecule has 5 rings (SSSR count). The van der Waals surface area contributed by atoms with Gasteiger partial charge in [0.05, 0.1) is 17.5 Å². The first-order valence-electron chi connectivity index (χ1n) is 11.2. The lowest BCUT2D eigenvalue weighted by Crippen LogP contribution is -2.46. The molecule has 2 aliphatic carbocycles. The molecule has 0 unspecified atom stereocenters. The number of amides is 3. The molecule has 2 aliphatic heterocycles. The second-order valence-corrected chi connectivity index (χ2v) is 9.31. The van der Waals surface area contributed by atoms with E-state index in [0.29, 0.717) is 11.4 Å². The molecular formula is C23H28FN3O3. The highest BCUT2D eigenvalue weighted by atomic mass is 19.1. The number of fused-ring (bicyclic) bond motifs is 5. The zero-order valence-electron chi connectivity index (χ0n) is 17.3. The molecule has 5 atom stereocenters. The zero-order valence-corrected chi connectivity index (χ0v) is 17.3. The van der Waals surface area contributed by atoms with Crippen molar-refractivity contribution in [3.05, 3.63) is 24.0 Å². The number of hydrogen-bond acceptors (Lipinski definition) is 4. The van der Waals surface area contributed by atoms with Crippen LogP contribution in [0, 0.1) is 29.5 Å². The van der Waals surface area contributed by atoms with Gasteiger partial charge in [-0.3, -0.25) is 19.3 Å². The first-order chi connectivity index (χ1) is 14.5. The summed E-state index contributed by atoms with van der Waals surface area (Å²) < 4.78 is 14.6. The number of anilines is 2. The molecule has 160 valence electrons. The Kier molecular flexibility index (Phi) is 4.79. The molecule has 3 amide bonds. The molecule has 4 aliphatic rings. The molecule has 0 radical (unpaired) electrons. The number of imide groups is 1. The highest BCUT2D eigenvalue weighted by molar-refractivity contribution is 6.10. The number of nitrogens with one attached hydrogen (secondary N) is 1. The third kappa shape index (κ3) is 3.01. The second-order valence-electron chi connectivity index (χ2n) is 9.31. The lowest BCUT2D eigenvalue weighted by atomic mass is 9.81. The van der Waals surface area contributed by atoms with Gasteiger partial charge >= 0.3 is 0 Å². The minimum Gasteiger partial charge on any atom is -0.369 e. The summed E-state index contributed by atoms with van der Waals surface area (Å²) in [5.41, 5.74) is 0.887. The summed E-state index contributed by atoms with van der Waals surface area (Å²) in [5.74, 6) is -1.16. The van der Waals surface area contributed by atoms with E-state index in [2.05, 4.69) is 5.32 Å². The summed E-state index contributed by atoms with van der Waals surface area (Å²) in [6.07, 6.45) is 6.24. The summed E-state index contributed by atoms with van der Waals surface area (Å²) in [6.45, 7) is 3.25. The molecule has 30 heavy (non-hydrogen) atoms. The third-order valence-corrected chi connectivity index (χ3v) is 7.64. The summed E-state index contributed by atoms with van der Waals surface area (Å²) >= 11 is 0. The van der Waals surface area contributed by atoms with Gasteiger partial charge in [0, 0.05) is 18.8 Å². The molecule has 1 aromatic carbocycles. The maximum Gasteiger partial charge on any atom is 0.247 e. The predicted molar refractivity (Wildman–Crippen MR) is 110 cm³/mol. The summed E-state index contributed by atoms with van der Waals surface area (Å²) in [6, 6.07) is 3.78. The van der Waals surface area contributed by atoms with E-state index in [1.165, 1.54) is 12.5 Å². The molecule has 2 heterocycles. The quantitative estimate of drug-likeness (QED) is 0.770. The van der Waals surface area contributed by atoms with E-state index in [0.717, 1.165) is 50.1 Å². The van der Waals surface area contributed by atoms with Gasteiger partial charge < -0.3 is 10.2 Å². The largest absolute Gasteiger partial charge is 0.369 e.